The van der Waals surface area contributed by atoms with Crippen LogP contribution in [0.25, 0.3) is 0 Å². The lowest BCUT2D eigenvalue weighted by Gasteiger charge is -2.06. The van der Waals surface area contributed by atoms with Crippen molar-refractivity contribution in [2.24, 2.45) is 7.05 Å². The Morgan fingerprint density at radius 3 is 2.45 bits per heavy atom. The topological polar surface area (TPSA) is 76.9 Å². The number of alkyl halides is 2. The SMILES string of the molecule is Cn1cc(CNc2ccc(S(=O)(=O)C(F)F)cc2)nn1. The largest absolute Gasteiger partial charge is 0.379 e. The Balaban J connectivity index is 2.05. The summed E-state index contributed by atoms with van der Waals surface area (Å²) in [5.74, 6) is -3.42. The second-order valence-corrected chi connectivity index (χ2v) is 5.98. The smallest absolute Gasteiger partial charge is 0.341 e. The molecule has 0 saturated carbocycles. The minimum atomic E-state index is -4.54. The number of halogens is 2. The molecule has 1 aromatic carbocycles. The molecule has 0 fully saturated rings. The van der Waals surface area contributed by atoms with Crippen LogP contribution < -0.4 is 5.32 Å². The van der Waals surface area contributed by atoms with Crippen LogP contribution in [0.4, 0.5) is 14.5 Å². The van der Waals surface area contributed by atoms with Gasteiger partial charge in [-0.25, -0.2) is 8.42 Å². The molecule has 0 aliphatic carbocycles. The summed E-state index contributed by atoms with van der Waals surface area (Å²) in [6.07, 6.45) is 1.72. The highest BCUT2D eigenvalue weighted by molar-refractivity contribution is 7.91. The summed E-state index contributed by atoms with van der Waals surface area (Å²) in [7, 11) is -2.81. The summed E-state index contributed by atoms with van der Waals surface area (Å²) in [6, 6.07) is 5.12. The van der Waals surface area contributed by atoms with Crippen LogP contribution in [0.3, 0.4) is 0 Å². The monoisotopic (exact) mass is 302 g/mol. The molecule has 6 nitrogen and oxygen atoms in total. The minimum Gasteiger partial charge on any atom is -0.379 e. The normalized spacial score (nSPS) is 11.8. The molecule has 0 spiro atoms. The molecule has 2 aromatic rings. The number of nitrogens with zero attached hydrogens (tertiary/aromatic N) is 3. The number of aryl methyl sites for hydroxylation is 1. The van der Waals surface area contributed by atoms with Gasteiger partial charge in [0.05, 0.1) is 11.4 Å². The Labute approximate surface area is 114 Å². The van der Waals surface area contributed by atoms with Crippen LogP contribution in [0.15, 0.2) is 35.4 Å². The molecule has 1 aromatic heterocycles. The first-order valence-corrected chi connectivity index (χ1v) is 7.15. The van der Waals surface area contributed by atoms with E-state index in [1.165, 1.54) is 12.1 Å². The van der Waals surface area contributed by atoms with Crippen molar-refractivity contribution in [2.45, 2.75) is 17.2 Å². The van der Waals surface area contributed by atoms with Crippen LogP contribution in [0, 0.1) is 0 Å². The summed E-state index contributed by atoms with van der Waals surface area (Å²) in [5, 5.41) is 10.6. The molecule has 1 N–H and O–H groups in total. The van der Waals surface area contributed by atoms with Gasteiger partial charge in [0.1, 0.15) is 5.69 Å². The maximum atomic E-state index is 12.3. The van der Waals surface area contributed by atoms with Gasteiger partial charge in [-0.15, -0.1) is 5.10 Å². The van der Waals surface area contributed by atoms with Crippen molar-refractivity contribution in [3.05, 3.63) is 36.2 Å². The molecule has 0 saturated heterocycles. The number of hydrogen-bond donors (Lipinski definition) is 1. The number of nitrogens with one attached hydrogen (secondary N) is 1. The van der Waals surface area contributed by atoms with Crippen LogP contribution in [-0.2, 0) is 23.4 Å². The molecular weight excluding hydrogens is 290 g/mol. The Morgan fingerprint density at radius 2 is 1.95 bits per heavy atom. The quantitative estimate of drug-likeness (QED) is 0.904. The van der Waals surface area contributed by atoms with Crippen LogP contribution in [0.5, 0.6) is 0 Å². The van der Waals surface area contributed by atoms with Crippen LogP contribution in [0.1, 0.15) is 5.69 Å². The van der Waals surface area contributed by atoms with Gasteiger partial charge in [0, 0.05) is 18.9 Å². The fraction of sp³-hybridized carbons (Fsp3) is 0.273. The number of rotatable bonds is 5. The molecule has 0 amide bonds. The predicted octanol–water partition coefficient (Wildman–Crippen LogP) is 1.42. The second kappa shape index (κ2) is 5.53. The zero-order valence-corrected chi connectivity index (χ0v) is 11.3. The van der Waals surface area contributed by atoms with Crippen LogP contribution in [0.2, 0.25) is 0 Å². The van der Waals surface area contributed by atoms with Crippen molar-refractivity contribution >= 4 is 15.5 Å². The molecule has 0 unspecified atom stereocenters. The first-order valence-electron chi connectivity index (χ1n) is 5.61. The van der Waals surface area contributed by atoms with Crippen molar-refractivity contribution in [1.82, 2.24) is 15.0 Å². The highest BCUT2D eigenvalue weighted by Gasteiger charge is 2.26. The average Bonchev–Trinajstić information content (AvgIpc) is 2.82. The number of hydrogen-bond acceptors (Lipinski definition) is 5. The van der Waals surface area contributed by atoms with Gasteiger partial charge < -0.3 is 5.32 Å². The molecule has 0 aliphatic rings. The summed E-state index contributed by atoms with van der Waals surface area (Å²) in [5.41, 5.74) is 1.31. The molecule has 2 rings (SSSR count). The standard InChI is InChI=1S/C11H12F2N4O2S/c1-17-7-9(15-16-17)6-14-8-2-4-10(5-3-8)20(18,19)11(12)13/h2-5,7,11,14H,6H2,1H3. The van der Waals surface area contributed by atoms with E-state index in [9.17, 15) is 17.2 Å². The van der Waals surface area contributed by atoms with E-state index in [1.807, 2.05) is 0 Å². The van der Waals surface area contributed by atoms with Crippen LogP contribution >= 0.6 is 0 Å². The van der Waals surface area contributed by atoms with Crippen molar-refractivity contribution in [3.63, 3.8) is 0 Å². The molecule has 1 heterocycles. The van der Waals surface area contributed by atoms with Gasteiger partial charge in [-0.2, -0.15) is 8.78 Å². The van der Waals surface area contributed by atoms with Gasteiger partial charge in [-0.05, 0) is 24.3 Å². The summed E-state index contributed by atoms with van der Waals surface area (Å²) >= 11 is 0. The van der Waals surface area contributed by atoms with Crippen LogP contribution in [-0.4, -0.2) is 29.2 Å². The third-order valence-electron chi connectivity index (χ3n) is 2.54. The lowest BCUT2D eigenvalue weighted by Crippen LogP contribution is -2.11. The summed E-state index contributed by atoms with van der Waals surface area (Å²) in [4.78, 5) is -0.405. The van der Waals surface area contributed by atoms with E-state index in [-0.39, 0.29) is 0 Å². The fourth-order valence-corrected chi connectivity index (χ4v) is 2.26. The van der Waals surface area contributed by atoms with Gasteiger partial charge in [-0.1, -0.05) is 5.21 Å². The maximum Gasteiger partial charge on any atom is 0.341 e. The van der Waals surface area contributed by atoms with Crippen molar-refractivity contribution in [1.29, 1.82) is 0 Å². The molecular formula is C11H12F2N4O2S. The average molecular weight is 302 g/mol. The summed E-state index contributed by atoms with van der Waals surface area (Å²) in [6.45, 7) is 0.398. The Bertz CT molecular complexity index is 683. The third-order valence-corrected chi connectivity index (χ3v) is 3.94. The maximum absolute atomic E-state index is 12.3. The van der Waals surface area contributed by atoms with E-state index in [4.69, 9.17) is 0 Å². The highest BCUT2D eigenvalue weighted by atomic mass is 32.2. The zero-order valence-electron chi connectivity index (χ0n) is 10.5. The van der Waals surface area contributed by atoms with E-state index in [1.54, 1.807) is 17.9 Å². The lowest BCUT2D eigenvalue weighted by atomic mass is 10.3. The van der Waals surface area contributed by atoms with E-state index in [0.717, 1.165) is 12.1 Å². The molecule has 0 bridgehead atoms. The van der Waals surface area contributed by atoms with Gasteiger partial charge in [-0.3, -0.25) is 4.68 Å². The number of aromatic nitrogens is 3. The van der Waals surface area contributed by atoms with Gasteiger partial charge in [0.15, 0.2) is 0 Å². The lowest BCUT2D eigenvalue weighted by molar-refractivity contribution is 0.234. The Morgan fingerprint density at radius 1 is 1.30 bits per heavy atom. The number of sulfone groups is 1. The summed E-state index contributed by atoms with van der Waals surface area (Å²) < 4.78 is 48.7. The van der Waals surface area contributed by atoms with Crippen molar-refractivity contribution < 1.29 is 17.2 Å². The Kier molecular flexibility index (Phi) is 3.98. The molecule has 9 heteroatoms. The van der Waals surface area contributed by atoms with E-state index < -0.39 is 20.5 Å². The van der Waals surface area contributed by atoms with Gasteiger partial charge >= 0.3 is 5.76 Å². The first-order chi connectivity index (χ1) is 9.39. The minimum absolute atomic E-state index is 0.398. The number of anilines is 1. The molecule has 0 aliphatic heterocycles. The zero-order chi connectivity index (χ0) is 14.8. The molecule has 20 heavy (non-hydrogen) atoms. The van der Waals surface area contributed by atoms with E-state index in [0.29, 0.717) is 17.9 Å². The third kappa shape index (κ3) is 3.10. The van der Waals surface area contributed by atoms with E-state index >= 15 is 0 Å². The Hall–Kier alpha value is -2.03. The van der Waals surface area contributed by atoms with Crippen molar-refractivity contribution in [2.75, 3.05) is 5.32 Å². The molecule has 0 radical (unpaired) electrons. The van der Waals surface area contributed by atoms with Crippen molar-refractivity contribution in [3.8, 4) is 0 Å². The molecule has 0 atom stereocenters. The highest BCUT2D eigenvalue weighted by Crippen LogP contribution is 2.20. The molecule has 108 valence electrons. The van der Waals surface area contributed by atoms with E-state index in [2.05, 4.69) is 15.6 Å². The van der Waals surface area contributed by atoms with Gasteiger partial charge in [0.25, 0.3) is 0 Å². The first kappa shape index (κ1) is 14.4. The van der Waals surface area contributed by atoms with Gasteiger partial charge in [0.2, 0.25) is 9.84 Å². The number of benzene rings is 1. The predicted molar refractivity (Wildman–Crippen MR) is 68.0 cm³/mol. The second-order valence-electron chi connectivity index (χ2n) is 4.07. The fourth-order valence-electron chi connectivity index (χ4n) is 1.53.